The molecule has 1 aliphatic heterocycles. The van der Waals surface area contributed by atoms with Crippen LogP contribution in [0.1, 0.15) is 51.8 Å². The van der Waals surface area contributed by atoms with Gasteiger partial charge in [-0.25, -0.2) is 4.98 Å². The lowest BCUT2D eigenvalue weighted by molar-refractivity contribution is 0.0914. The highest BCUT2D eigenvalue weighted by molar-refractivity contribution is 7.22. The minimum atomic E-state index is -0.0726. The molecular weight excluding hydrogens is 450 g/mol. The number of thiazole rings is 1. The van der Waals surface area contributed by atoms with E-state index >= 15 is 0 Å². The molecule has 0 aromatic carbocycles. The van der Waals surface area contributed by atoms with Crippen LogP contribution >= 0.6 is 34.3 Å². The third-order valence-corrected chi connectivity index (χ3v) is 8.48. The summed E-state index contributed by atoms with van der Waals surface area (Å²) in [7, 11) is 2.15. The number of rotatable bonds is 5. The quantitative estimate of drug-likeness (QED) is 0.503. The number of nitrogens with zero attached hydrogens (tertiary/aromatic N) is 2. The van der Waals surface area contributed by atoms with Gasteiger partial charge in [-0.15, -0.1) is 22.7 Å². The lowest BCUT2D eigenvalue weighted by Crippen LogP contribution is -2.51. The van der Waals surface area contributed by atoms with Gasteiger partial charge in [0.1, 0.15) is 15.5 Å². The first-order valence-electron chi connectivity index (χ1n) is 10.7. The van der Waals surface area contributed by atoms with Crippen LogP contribution in [0, 0.1) is 0 Å². The molecule has 3 aromatic heterocycles. The Morgan fingerprint density at radius 3 is 2.81 bits per heavy atom. The van der Waals surface area contributed by atoms with Crippen molar-refractivity contribution in [2.75, 3.05) is 13.6 Å². The van der Waals surface area contributed by atoms with Gasteiger partial charge in [-0.3, -0.25) is 4.79 Å². The Labute approximate surface area is 194 Å². The molecule has 2 atom stereocenters. The van der Waals surface area contributed by atoms with Crippen molar-refractivity contribution >= 4 is 56.1 Å². The molecule has 3 aromatic rings. The fourth-order valence-electron chi connectivity index (χ4n) is 4.48. The van der Waals surface area contributed by atoms with Crippen LogP contribution in [0.5, 0.6) is 0 Å². The van der Waals surface area contributed by atoms with E-state index in [0.717, 1.165) is 70.5 Å². The number of likely N-dealkylation sites (N-methyl/N-ethyl adjacent to an activating group) is 1. The van der Waals surface area contributed by atoms with Crippen LogP contribution in [0.2, 0.25) is 4.34 Å². The second kappa shape index (κ2) is 8.58. The van der Waals surface area contributed by atoms with Crippen LogP contribution in [-0.2, 0) is 13.0 Å². The fourth-order valence-corrected chi connectivity index (χ4v) is 6.72. The standard InChI is InChI=1S/C22H26ClN5OS2/c1-12(21-26-16-7-8-28(2)11-18(16)30-21)24-14-5-3-4-6-15(14)25-20(29)17-9-13-10-19(23)31-22(13)27-17/h9-10,14-15,24,27H,1,3-8,11H2,2H3,(H,25,29)/t14-,15+/m1/s1. The Hall–Kier alpha value is -1.87. The van der Waals surface area contributed by atoms with Crippen molar-refractivity contribution < 1.29 is 4.79 Å². The molecule has 2 aliphatic rings. The van der Waals surface area contributed by atoms with Crippen LogP contribution in [0.3, 0.4) is 0 Å². The highest BCUT2D eigenvalue weighted by Crippen LogP contribution is 2.30. The van der Waals surface area contributed by atoms with Gasteiger partial charge in [-0.05, 0) is 32.0 Å². The van der Waals surface area contributed by atoms with Crippen molar-refractivity contribution in [1.29, 1.82) is 0 Å². The van der Waals surface area contributed by atoms with Crippen molar-refractivity contribution in [3.8, 4) is 0 Å². The summed E-state index contributed by atoms with van der Waals surface area (Å²) in [6, 6.07) is 3.96. The molecule has 4 heterocycles. The summed E-state index contributed by atoms with van der Waals surface area (Å²) in [6.45, 7) is 6.29. The van der Waals surface area contributed by atoms with Gasteiger partial charge in [-0.2, -0.15) is 0 Å². The molecule has 3 N–H and O–H groups in total. The molecule has 1 aliphatic carbocycles. The molecule has 0 saturated heterocycles. The molecule has 1 amide bonds. The number of carbonyl (C=O) groups excluding carboxylic acids is 1. The van der Waals surface area contributed by atoms with E-state index in [1.165, 1.54) is 21.9 Å². The Morgan fingerprint density at radius 1 is 1.26 bits per heavy atom. The molecule has 9 heteroatoms. The first kappa shape index (κ1) is 21.0. The number of aromatic amines is 1. The summed E-state index contributed by atoms with van der Waals surface area (Å²) in [6.07, 6.45) is 5.22. The molecule has 0 spiro atoms. The van der Waals surface area contributed by atoms with Crippen LogP contribution in [0.25, 0.3) is 15.9 Å². The lowest BCUT2D eigenvalue weighted by atomic mass is 9.90. The number of aromatic nitrogens is 2. The Bertz CT molecular complexity index is 1100. The smallest absolute Gasteiger partial charge is 0.268 e. The van der Waals surface area contributed by atoms with Gasteiger partial charge in [0, 0.05) is 41.9 Å². The average Bonchev–Trinajstić information content (AvgIpc) is 3.41. The number of hydrogen-bond acceptors (Lipinski definition) is 6. The number of hydrogen-bond donors (Lipinski definition) is 3. The highest BCUT2D eigenvalue weighted by atomic mass is 35.5. The van der Waals surface area contributed by atoms with Gasteiger partial charge < -0.3 is 20.5 Å². The second-order valence-electron chi connectivity index (χ2n) is 8.49. The van der Waals surface area contributed by atoms with E-state index in [2.05, 4.69) is 34.1 Å². The number of H-pyrrole nitrogens is 1. The summed E-state index contributed by atoms with van der Waals surface area (Å²) < 4.78 is 0.721. The van der Waals surface area contributed by atoms with Crippen LogP contribution in [-0.4, -0.2) is 46.5 Å². The zero-order chi connectivity index (χ0) is 21.5. The van der Waals surface area contributed by atoms with E-state index in [1.54, 1.807) is 11.3 Å². The Morgan fingerprint density at radius 2 is 2.03 bits per heavy atom. The van der Waals surface area contributed by atoms with Gasteiger partial charge in [0.2, 0.25) is 0 Å². The number of thiophene rings is 1. The second-order valence-corrected chi connectivity index (χ2v) is 11.3. The van der Waals surface area contributed by atoms with Gasteiger partial charge in [-0.1, -0.05) is 31.0 Å². The molecule has 164 valence electrons. The van der Waals surface area contributed by atoms with Gasteiger partial charge in [0.15, 0.2) is 0 Å². The summed E-state index contributed by atoms with van der Waals surface area (Å²) >= 11 is 9.23. The number of halogens is 1. The third-order valence-electron chi connectivity index (χ3n) is 6.15. The Balaban J connectivity index is 1.26. The lowest BCUT2D eigenvalue weighted by Gasteiger charge is -2.33. The van der Waals surface area contributed by atoms with Crippen LogP contribution in [0.4, 0.5) is 0 Å². The number of carbonyl (C=O) groups is 1. The molecule has 6 nitrogen and oxygen atoms in total. The Kier molecular flexibility index (Phi) is 5.81. The predicted octanol–water partition coefficient (Wildman–Crippen LogP) is 4.63. The maximum atomic E-state index is 12.9. The molecular formula is C22H26ClN5OS2. The summed E-state index contributed by atoms with van der Waals surface area (Å²) in [5.74, 6) is -0.0726. The van der Waals surface area contributed by atoms with Crippen molar-refractivity contribution in [1.82, 2.24) is 25.5 Å². The molecule has 1 saturated carbocycles. The average molecular weight is 476 g/mol. The normalized spacial score (nSPS) is 21.7. The van der Waals surface area contributed by atoms with E-state index in [4.69, 9.17) is 16.6 Å². The van der Waals surface area contributed by atoms with E-state index in [1.807, 2.05) is 12.1 Å². The fraction of sp³-hybridized carbons (Fsp3) is 0.455. The number of fused-ring (bicyclic) bond motifs is 2. The first-order valence-corrected chi connectivity index (χ1v) is 12.7. The van der Waals surface area contributed by atoms with Crippen molar-refractivity contribution in [3.63, 3.8) is 0 Å². The molecule has 0 bridgehead atoms. The third kappa shape index (κ3) is 4.39. The van der Waals surface area contributed by atoms with E-state index in [0.29, 0.717) is 5.69 Å². The minimum absolute atomic E-state index is 0.0589. The molecule has 5 rings (SSSR count). The summed E-state index contributed by atoms with van der Waals surface area (Å²) in [5, 5.41) is 8.77. The van der Waals surface area contributed by atoms with E-state index in [-0.39, 0.29) is 18.0 Å². The maximum absolute atomic E-state index is 12.9. The SMILES string of the molecule is C=C(N[C@@H]1CCCC[C@@H]1NC(=O)c1cc2cc(Cl)sc2[nH]1)c1nc2c(s1)CN(C)CC2. The van der Waals surface area contributed by atoms with Crippen molar-refractivity contribution in [2.24, 2.45) is 0 Å². The van der Waals surface area contributed by atoms with Crippen molar-refractivity contribution in [2.45, 2.75) is 50.7 Å². The summed E-state index contributed by atoms with van der Waals surface area (Å²) in [5.41, 5.74) is 2.65. The van der Waals surface area contributed by atoms with Gasteiger partial charge >= 0.3 is 0 Å². The predicted molar refractivity (Wildman–Crippen MR) is 129 cm³/mol. The number of amides is 1. The molecule has 0 unspecified atom stereocenters. The molecule has 0 radical (unpaired) electrons. The van der Waals surface area contributed by atoms with Gasteiger partial charge in [0.05, 0.1) is 15.7 Å². The molecule has 1 fully saturated rings. The molecule has 31 heavy (non-hydrogen) atoms. The topological polar surface area (TPSA) is 73.0 Å². The van der Waals surface area contributed by atoms with Gasteiger partial charge in [0.25, 0.3) is 5.91 Å². The van der Waals surface area contributed by atoms with Crippen LogP contribution in [0.15, 0.2) is 18.7 Å². The number of nitrogens with one attached hydrogen (secondary N) is 3. The minimum Gasteiger partial charge on any atom is -0.378 e. The van der Waals surface area contributed by atoms with Crippen molar-refractivity contribution in [3.05, 3.63) is 44.3 Å². The largest absolute Gasteiger partial charge is 0.378 e. The van der Waals surface area contributed by atoms with E-state index < -0.39 is 0 Å². The monoisotopic (exact) mass is 475 g/mol. The zero-order valence-electron chi connectivity index (χ0n) is 17.5. The maximum Gasteiger partial charge on any atom is 0.268 e. The zero-order valence-corrected chi connectivity index (χ0v) is 19.9. The highest BCUT2D eigenvalue weighted by Gasteiger charge is 2.29. The summed E-state index contributed by atoms with van der Waals surface area (Å²) in [4.78, 5) is 25.5. The first-order chi connectivity index (χ1) is 15.0. The van der Waals surface area contributed by atoms with Crippen LogP contribution < -0.4 is 10.6 Å². The van der Waals surface area contributed by atoms with E-state index in [9.17, 15) is 4.79 Å².